The van der Waals surface area contributed by atoms with E-state index in [-0.39, 0.29) is 39.0 Å². The molecule has 1 aromatic carbocycles. The molecule has 1 saturated carbocycles. The second-order valence-corrected chi connectivity index (χ2v) is 6.33. The smallest absolute Gasteiger partial charge is 0.337 e. The first-order chi connectivity index (χ1) is 9.95. The molecule has 21 heavy (non-hydrogen) atoms. The minimum atomic E-state index is -1.18. The van der Waals surface area contributed by atoms with Crippen LogP contribution in [0.15, 0.2) is 24.3 Å². The SMILES string of the molecule is O=C(O)c1cc(Cl)cc(Cl)c1NC(=O)C1CC2C=CC1C2. The molecule has 2 aliphatic rings. The van der Waals surface area contributed by atoms with Crippen LogP contribution in [0.4, 0.5) is 5.69 Å². The van der Waals surface area contributed by atoms with E-state index in [9.17, 15) is 14.7 Å². The number of carboxylic acid groups (broad SMARTS) is 1. The van der Waals surface area contributed by atoms with Crippen molar-refractivity contribution in [3.8, 4) is 0 Å². The Morgan fingerprint density at radius 2 is 1.95 bits per heavy atom. The maximum Gasteiger partial charge on any atom is 0.337 e. The number of benzene rings is 1. The number of anilines is 1. The van der Waals surface area contributed by atoms with Gasteiger partial charge in [-0.2, -0.15) is 0 Å². The zero-order valence-electron chi connectivity index (χ0n) is 11.0. The highest BCUT2D eigenvalue weighted by atomic mass is 35.5. The molecule has 6 heteroatoms. The van der Waals surface area contributed by atoms with Crippen molar-refractivity contribution in [2.45, 2.75) is 12.8 Å². The Morgan fingerprint density at radius 1 is 1.19 bits per heavy atom. The lowest BCUT2D eigenvalue weighted by Crippen LogP contribution is -2.27. The summed E-state index contributed by atoms with van der Waals surface area (Å²) in [6.45, 7) is 0. The van der Waals surface area contributed by atoms with E-state index in [1.54, 1.807) is 0 Å². The Balaban J connectivity index is 1.86. The summed E-state index contributed by atoms with van der Waals surface area (Å²) in [5.41, 5.74) is 0.0184. The molecule has 0 heterocycles. The normalized spacial score (nSPS) is 26.1. The van der Waals surface area contributed by atoms with Gasteiger partial charge in [-0.15, -0.1) is 0 Å². The van der Waals surface area contributed by atoms with Gasteiger partial charge in [-0.05, 0) is 36.8 Å². The monoisotopic (exact) mass is 325 g/mol. The molecule has 1 amide bonds. The van der Waals surface area contributed by atoms with Crippen LogP contribution in [0.5, 0.6) is 0 Å². The average Bonchev–Trinajstić information content (AvgIpc) is 3.03. The summed E-state index contributed by atoms with van der Waals surface area (Å²) >= 11 is 11.8. The largest absolute Gasteiger partial charge is 0.478 e. The molecule has 0 spiro atoms. The van der Waals surface area contributed by atoms with Gasteiger partial charge in [-0.1, -0.05) is 35.4 Å². The van der Waals surface area contributed by atoms with Crippen LogP contribution in [-0.2, 0) is 4.79 Å². The predicted octanol–water partition coefficient (Wildman–Crippen LogP) is 3.84. The predicted molar refractivity (Wildman–Crippen MR) is 80.9 cm³/mol. The van der Waals surface area contributed by atoms with Gasteiger partial charge in [0.25, 0.3) is 0 Å². The number of carbonyl (C=O) groups is 2. The Hall–Kier alpha value is -1.52. The Bertz CT molecular complexity index is 657. The fourth-order valence-corrected chi connectivity index (χ4v) is 3.71. The fourth-order valence-electron chi connectivity index (χ4n) is 3.17. The molecule has 2 bridgehead atoms. The fraction of sp³-hybridized carbons (Fsp3) is 0.333. The number of carboxylic acids is 1. The standard InChI is InChI=1S/C15H13Cl2NO3/c16-9-5-11(15(20)21)13(12(17)6-9)18-14(19)10-4-7-1-2-8(10)3-7/h1-2,5-8,10H,3-4H2,(H,18,19)(H,20,21). The molecule has 2 N–H and O–H groups in total. The van der Waals surface area contributed by atoms with Crippen molar-refractivity contribution < 1.29 is 14.7 Å². The van der Waals surface area contributed by atoms with Crippen molar-refractivity contribution in [2.24, 2.45) is 17.8 Å². The van der Waals surface area contributed by atoms with Gasteiger partial charge in [0.15, 0.2) is 0 Å². The molecule has 3 rings (SSSR count). The highest BCUT2D eigenvalue weighted by Gasteiger charge is 2.40. The second-order valence-electron chi connectivity index (χ2n) is 5.49. The van der Waals surface area contributed by atoms with Crippen LogP contribution in [0.25, 0.3) is 0 Å². The number of amides is 1. The van der Waals surface area contributed by atoms with Gasteiger partial charge >= 0.3 is 5.97 Å². The minimum Gasteiger partial charge on any atom is -0.478 e. The van der Waals surface area contributed by atoms with Crippen molar-refractivity contribution in [3.05, 3.63) is 39.9 Å². The average molecular weight is 326 g/mol. The second kappa shape index (κ2) is 5.35. The van der Waals surface area contributed by atoms with Crippen LogP contribution in [0, 0.1) is 17.8 Å². The minimum absolute atomic E-state index is 0.0976. The first-order valence-electron chi connectivity index (χ1n) is 6.67. The lowest BCUT2D eigenvalue weighted by atomic mass is 9.92. The van der Waals surface area contributed by atoms with Crippen LogP contribution < -0.4 is 5.32 Å². The van der Waals surface area contributed by atoms with Crippen molar-refractivity contribution in [3.63, 3.8) is 0 Å². The maximum absolute atomic E-state index is 12.4. The number of allylic oxidation sites excluding steroid dienone is 2. The van der Waals surface area contributed by atoms with Crippen LogP contribution in [0.1, 0.15) is 23.2 Å². The van der Waals surface area contributed by atoms with E-state index in [1.807, 2.05) is 0 Å². The molecule has 3 atom stereocenters. The lowest BCUT2D eigenvalue weighted by molar-refractivity contribution is -0.120. The molecular formula is C15H13Cl2NO3. The number of halogens is 2. The molecule has 1 aromatic rings. The van der Waals surface area contributed by atoms with E-state index in [0.29, 0.717) is 5.92 Å². The van der Waals surface area contributed by atoms with Gasteiger partial charge in [-0.3, -0.25) is 4.79 Å². The summed E-state index contributed by atoms with van der Waals surface area (Å²) in [4.78, 5) is 23.7. The highest BCUT2D eigenvalue weighted by molar-refractivity contribution is 6.37. The number of nitrogens with one attached hydrogen (secondary N) is 1. The number of aromatic carboxylic acids is 1. The highest BCUT2D eigenvalue weighted by Crippen LogP contribution is 2.44. The summed E-state index contributed by atoms with van der Waals surface area (Å²) in [7, 11) is 0. The molecule has 3 unspecified atom stereocenters. The molecule has 0 saturated heterocycles. The van der Waals surface area contributed by atoms with E-state index in [2.05, 4.69) is 17.5 Å². The van der Waals surface area contributed by atoms with E-state index in [4.69, 9.17) is 23.2 Å². The maximum atomic E-state index is 12.4. The molecule has 0 radical (unpaired) electrons. The molecule has 1 fully saturated rings. The molecule has 0 aliphatic heterocycles. The van der Waals surface area contributed by atoms with Gasteiger partial charge in [0.05, 0.1) is 16.3 Å². The zero-order valence-corrected chi connectivity index (χ0v) is 12.5. The molecular weight excluding hydrogens is 313 g/mol. The van der Waals surface area contributed by atoms with Crippen LogP contribution >= 0.6 is 23.2 Å². The summed E-state index contributed by atoms with van der Waals surface area (Å²) in [5, 5.41) is 12.2. The summed E-state index contributed by atoms with van der Waals surface area (Å²) in [5.74, 6) is -0.769. The molecule has 0 aromatic heterocycles. The van der Waals surface area contributed by atoms with Crippen LogP contribution in [0.3, 0.4) is 0 Å². The van der Waals surface area contributed by atoms with Gasteiger partial charge in [0.2, 0.25) is 5.91 Å². The number of hydrogen-bond donors (Lipinski definition) is 2. The number of rotatable bonds is 3. The first kappa shape index (κ1) is 14.4. The van der Waals surface area contributed by atoms with Crippen LogP contribution in [0.2, 0.25) is 10.0 Å². The van der Waals surface area contributed by atoms with Crippen molar-refractivity contribution in [2.75, 3.05) is 5.32 Å². The lowest BCUT2D eigenvalue weighted by Gasteiger charge is -2.19. The van der Waals surface area contributed by atoms with Gasteiger partial charge in [0.1, 0.15) is 0 Å². The third-order valence-corrected chi connectivity index (χ3v) is 4.67. The number of carbonyl (C=O) groups excluding carboxylic acids is 1. The van der Waals surface area contributed by atoms with E-state index in [0.717, 1.165) is 12.8 Å². The zero-order chi connectivity index (χ0) is 15.1. The van der Waals surface area contributed by atoms with Gasteiger partial charge in [0, 0.05) is 10.9 Å². The molecule has 110 valence electrons. The quantitative estimate of drug-likeness (QED) is 0.829. The van der Waals surface area contributed by atoms with Crippen molar-refractivity contribution in [1.29, 1.82) is 0 Å². The summed E-state index contributed by atoms with van der Waals surface area (Å²) < 4.78 is 0. The number of hydrogen-bond acceptors (Lipinski definition) is 2. The molecule has 4 nitrogen and oxygen atoms in total. The summed E-state index contributed by atoms with van der Waals surface area (Å²) in [6, 6.07) is 2.71. The van der Waals surface area contributed by atoms with E-state index < -0.39 is 5.97 Å². The third-order valence-electron chi connectivity index (χ3n) is 4.15. The Kier molecular flexibility index (Phi) is 3.68. The Morgan fingerprint density at radius 3 is 2.52 bits per heavy atom. The first-order valence-corrected chi connectivity index (χ1v) is 7.43. The number of fused-ring (bicyclic) bond motifs is 2. The molecule has 2 aliphatic carbocycles. The third kappa shape index (κ3) is 2.65. The van der Waals surface area contributed by atoms with Gasteiger partial charge < -0.3 is 10.4 Å². The van der Waals surface area contributed by atoms with Gasteiger partial charge in [-0.25, -0.2) is 4.79 Å². The topological polar surface area (TPSA) is 66.4 Å². The van der Waals surface area contributed by atoms with Crippen molar-refractivity contribution >= 4 is 40.8 Å². The van der Waals surface area contributed by atoms with Crippen LogP contribution in [-0.4, -0.2) is 17.0 Å². The summed E-state index contributed by atoms with van der Waals surface area (Å²) in [6.07, 6.45) is 6.02. The Labute approximate surface area is 131 Å². The van der Waals surface area contributed by atoms with E-state index in [1.165, 1.54) is 12.1 Å². The van der Waals surface area contributed by atoms with Crippen molar-refractivity contribution in [1.82, 2.24) is 0 Å². The van der Waals surface area contributed by atoms with E-state index >= 15 is 0 Å².